The molecule has 10 nitrogen and oxygen atoms in total. The summed E-state index contributed by atoms with van der Waals surface area (Å²) in [6.45, 7) is 2.91. The van der Waals surface area contributed by atoms with Crippen LogP contribution in [0.5, 0.6) is 5.88 Å². The number of hydrogen-bond donors (Lipinski definition) is 1. The highest BCUT2D eigenvalue weighted by atomic mass is 16.6. The smallest absolute Gasteiger partial charge is 0.372 e. The first-order chi connectivity index (χ1) is 9.67. The molecular formula is C10H13N7O3. The quantitative estimate of drug-likeness (QED) is 0.603. The number of aryl methyl sites for hydroxylation is 1. The number of nitrogens with zero attached hydrogens (tertiary/aromatic N) is 6. The molecule has 2 rings (SSSR count). The van der Waals surface area contributed by atoms with Crippen LogP contribution < -0.4 is 10.1 Å². The molecule has 0 amide bonds. The molecule has 20 heavy (non-hydrogen) atoms. The Hall–Kier alpha value is -2.78. The van der Waals surface area contributed by atoms with Crippen LogP contribution in [0.3, 0.4) is 0 Å². The SMILES string of the molecule is CCn1cnnc1CNc1ncnc(OC)c1[N+](=O)[O-]. The third-order valence-electron chi connectivity index (χ3n) is 2.61. The van der Waals surface area contributed by atoms with Crippen molar-refractivity contribution in [3.63, 3.8) is 0 Å². The van der Waals surface area contributed by atoms with E-state index in [9.17, 15) is 10.1 Å². The van der Waals surface area contributed by atoms with E-state index in [1.807, 2.05) is 11.5 Å². The van der Waals surface area contributed by atoms with Gasteiger partial charge in [-0.2, -0.15) is 4.98 Å². The Morgan fingerprint density at radius 1 is 1.50 bits per heavy atom. The molecule has 0 unspecified atom stereocenters. The molecule has 0 aliphatic rings. The van der Waals surface area contributed by atoms with Crippen LogP contribution >= 0.6 is 0 Å². The fourth-order valence-electron chi connectivity index (χ4n) is 1.65. The molecule has 0 saturated carbocycles. The molecule has 1 N–H and O–H groups in total. The van der Waals surface area contributed by atoms with Crippen molar-refractivity contribution in [1.29, 1.82) is 0 Å². The lowest BCUT2D eigenvalue weighted by Gasteiger charge is -2.07. The van der Waals surface area contributed by atoms with E-state index in [4.69, 9.17) is 4.74 Å². The summed E-state index contributed by atoms with van der Waals surface area (Å²) in [5, 5.41) is 21.6. The second-order valence-electron chi connectivity index (χ2n) is 3.72. The van der Waals surface area contributed by atoms with Gasteiger partial charge in [0.2, 0.25) is 5.82 Å². The summed E-state index contributed by atoms with van der Waals surface area (Å²) in [7, 11) is 1.31. The Bertz CT molecular complexity index is 613. The molecule has 0 saturated heterocycles. The zero-order valence-electron chi connectivity index (χ0n) is 11.0. The first-order valence-corrected chi connectivity index (χ1v) is 5.81. The van der Waals surface area contributed by atoms with Gasteiger partial charge in [0.1, 0.15) is 12.7 Å². The summed E-state index contributed by atoms with van der Waals surface area (Å²) < 4.78 is 6.68. The summed E-state index contributed by atoms with van der Waals surface area (Å²) in [6.07, 6.45) is 2.78. The van der Waals surface area contributed by atoms with Crippen molar-refractivity contribution >= 4 is 11.5 Å². The molecule has 2 aromatic rings. The normalized spacial score (nSPS) is 10.3. The zero-order valence-corrected chi connectivity index (χ0v) is 11.0. The predicted molar refractivity (Wildman–Crippen MR) is 68.3 cm³/mol. The van der Waals surface area contributed by atoms with Crippen LogP contribution in [0.1, 0.15) is 12.7 Å². The van der Waals surface area contributed by atoms with Crippen LogP contribution in [0.4, 0.5) is 11.5 Å². The molecule has 0 fully saturated rings. The van der Waals surface area contributed by atoms with Crippen molar-refractivity contribution in [3.8, 4) is 5.88 Å². The third-order valence-corrected chi connectivity index (χ3v) is 2.61. The Balaban J connectivity index is 2.23. The maximum Gasteiger partial charge on any atom is 0.372 e. The van der Waals surface area contributed by atoms with Crippen molar-refractivity contribution in [3.05, 3.63) is 28.6 Å². The van der Waals surface area contributed by atoms with Crippen LogP contribution in [0.15, 0.2) is 12.7 Å². The highest BCUT2D eigenvalue weighted by Crippen LogP contribution is 2.30. The minimum Gasteiger partial charge on any atom is -0.476 e. The molecule has 0 radical (unpaired) electrons. The third kappa shape index (κ3) is 2.63. The van der Waals surface area contributed by atoms with Gasteiger partial charge in [-0.15, -0.1) is 10.2 Å². The van der Waals surface area contributed by atoms with Crippen LogP contribution in [-0.4, -0.2) is 36.8 Å². The number of methoxy groups -OCH3 is 1. The van der Waals surface area contributed by atoms with Gasteiger partial charge in [-0.25, -0.2) is 4.98 Å². The Morgan fingerprint density at radius 2 is 2.30 bits per heavy atom. The molecule has 0 aromatic carbocycles. The summed E-state index contributed by atoms with van der Waals surface area (Å²) in [4.78, 5) is 18.0. The maximum absolute atomic E-state index is 11.1. The van der Waals surface area contributed by atoms with Gasteiger partial charge in [-0.1, -0.05) is 0 Å². The molecule has 0 bridgehead atoms. The monoisotopic (exact) mass is 279 g/mol. The average molecular weight is 279 g/mol. The fourth-order valence-corrected chi connectivity index (χ4v) is 1.65. The summed E-state index contributed by atoms with van der Waals surface area (Å²) in [6, 6.07) is 0. The van der Waals surface area contributed by atoms with Crippen molar-refractivity contribution in [1.82, 2.24) is 24.7 Å². The summed E-state index contributed by atoms with van der Waals surface area (Å²) in [5.74, 6) is 0.635. The number of anilines is 1. The van der Waals surface area contributed by atoms with Crippen LogP contribution in [0, 0.1) is 10.1 Å². The van der Waals surface area contributed by atoms with Gasteiger partial charge < -0.3 is 14.6 Å². The predicted octanol–water partition coefficient (Wildman–Crippen LogP) is 0.617. The first-order valence-electron chi connectivity index (χ1n) is 5.81. The Kier molecular flexibility index (Phi) is 4.03. The van der Waals surface area contributed by atoms with E-state index in [0.29, 0.717) is 12.4 Å². The average Bonchev–Trinajstić information content (AvgIpc) is 2.91. The highest BCUT2D eigenvalue weighted by molar-refractivity contribution is 5.60. The molecule has 0 spiro atoms. The number of aromatic nitrogens is 5. The van der Waals surface area contributed by atoms with E-state index >= 15 is 0 Å². The topological polar surface area (TPSA) is 121 Å². The zero-order chi connectivity index (χ0) is 14.5. The van der Waals surface area contributed by atoms with E-state index < -0.39 is 4.92 Å². The van der Waals surface area contributed by atoms with Crippen LogP contribution in [0.2, 0.25) is 0 Å². The minimum absolute atomic E-state index is 0.0764. The Labute approximate surface area is 114 Å². The lowest BCUT2D eigenvalue weighted by Crippen LogP contribution is -2.10. The van der Waals surface area contributed by atoms with E-state index in [1.54, 1.807) is 6.33 Å². The molecule has 106 valence electrons. The Morgan fingerprint density at radius 3 is 2.95 bits per heavy atom. The number of nitro groups is 1. The van der Waals surface area contributed by atoms with Crippen LogP contribution in [-0.2, 0) is 13.1 Å². The number of nitrogens with one attached hydrogen (secondary N) is 1. The van der Waals surface area contributed by atoms with E-state index in [2.05, 4.69) is 25.5 Å². The molecule has 2 heterocycles. The fraction of sp³-hybridized carbons (Fsp3) is 0.400. The van der Waals surface area contributed by atoms with E-state index in [0.717, 1.165) is 0 Å². The van der Waals surface area contributed by atoms with Crippen LogP contribution in [0.25, 0.3) is 0 Å². The molecule has 10 heteroatoms. The van der Waals surface area contributed by atoms with Gasteiger partial charge >= 0.3 is 5.69 Å². The van der Waals surface area contributed by atoms with Crippen molar-refractivity contribution in [2.75, 3.05) is 12.4 Å². The van der Waals surface area contributed by atoms with E-state index in [1.165, 1.54) is 13.4 Å². The summed E-state index contributed by atoms with van der Waals surface area (Å²) >= 11 is 0. The van der Waals surface area contributed by atoms with Gasteiger partial charge in [0, 0.05) is 6.54 Å². The molecule has 0 aliphatic carbocycles. The van der Waals surface area contributed by atoms with Gasteiger partial charge in [-0.05, 0) is 6.92 Å². The first kappa shape index (κ1) is 13.6. The van der Waals surface area contributed by atoms with Gasteiger partial charge in [0.25, 0.3) is 5.88 Å². The van der Waals surface area contributed by atoms with Crippen molar-refractivity contribution < 1.29 is 9.66 Å². The molecule has 2 aromatic heterocycles. The second kappa shape index (κ2) is 5.91. The molecule has 0 atom stereocenters. The van der Waals surface area contributed by atoms with Crippen molar-refractivity contribution in [2.24, 2.45) is 0 Å². The number of ether oxygens (including phenoxy) is 1. The maximum atomic E-state index is 11.1. The molecule has 0 aliphatic heterocycles. The summed E-state index contributed by atoms with van der Waals surface area (Å²) in [5.41, 5.74) is -0.308. The lowest BCUT2D eigenvalue weighted by atomic mass is 10.4. The number of rotatable bonds is 6. The van der Waals surface area contributed by atoms with Crippen molar-refractivity contribution in [2.45, 2.75) is 20.0 Å². The highest BCUT2D eigenvalue weighted by Gasteiger charge is 2.23. The lowest BCUT2D eigenvalue weighted by molar-refractivity contribution is -0.385. The van der Waals surface area contributed by atoms with Gasteiger partial charge in [-0.3, -0.25) is 10.1 Å². The van der Waals surface area contributed by atoms with Gasteiger partial charge in [0.05, 0.1) is 18.6 Å². The minimum atomic E-state index is -0.592. The molecular weight excluding hydrogens is 266 g/mol. The second-order valence-corrected chi connectivity index (χ2v) is 3.72. The standard InChI is InChI=1S/C10H13N7O3/c1-3-16-6-14-15-7(16)4-11-9-8(17(18)19)10(20-2)13-5-12-9/h5-6H,3-4H2,1-2H3,(H,11,12,13). The van der Waals surface area contributed by atoms with E-state index in [-0.39, 0.29) is 23.9 Å². The number of hydrogen-bond acceptors (Lipinski definition) is 8. The van der Waals surface area contributed by atoms with Gasteiger partial charge in [0.15, 0.2) is 5.82 Å². The largest absolute Gasteiger partial charge is 0.476 e.